The molecule has 0 saturated heterocycles. The van der Waals surface area contributed by atoms with E-state index in [1.165, 1.54) is 51.4 Å². The number of carboxylic acid groups (broad SMARTS) is 4. The molecule has 10 heteroatoms. The van der Waals surface area contributed by atoms with Crippen LogP contribution in [0.2, 0.25) is 0 Å². The normalized spacial score (nSPS) is 11.8. The number of carboxylic acids is 4. The highest BCUT2D eigenvalue weighted by molar-refractivity contribution is 5.73. The van der Waals surface area contributed by atoms with Gasteiger partial charge in [0, 0.05) is 26.9 Å². The summed E-state index contributed by atoms with van der Waals surface area (Å²) in [5, 5.41) is 39.6. The van der Waals surface area contributed by atoms with Gasteiger partial charge in [-0.1, -0.05) is 90.9 Å². The fraction of sp³-hybridized carbons (Fsp3) is 0.846. The summed E-state index contributed by atoms with van der Waals surface area (Å²) < 4.78 is 0. The first kappa shape index (κ1) is 38.3. The highest BCUT2D eigenvalue weighted by atomic mass is 16.4. The van der Waals surface area contributed by atoms with Gasteiger partial charge in [0.1, 0.15) is 12.1 Å². The van der Waals surface area contributed by atoms with Crippen molar-refractivity contribution < 1.29 is 39.6 Å². The van der Waals surface area contributed by atoms with Crippen molar-refractivity contribution in [3.63, 3.8) is 0 Å². The second-order valence-electron chi connectivity index (χ2n) is 8.84. The SMILES string of the molecule is CC(=O)O.CC(=O)O.CCCCCCCCC(NCCNC(CCCCCCCC)C(=O)O)C(=O)O. The van der Waals surface area contributed by atoms with Gasteiger partial charge in [0.05, 0.1) is 0 Å². The second-order valence-corrected chi connectivity index (χ2v) is 8.84. The van der Waals surface area contributed by atoms with Crippen molar-refractivity contribution in [3.8, 4) is 0 Å². The van der Waals surface area contributed by atoms with E-state index in [-0.39, 0.29) is 0 Å². The van der Waals surface area contributed by atoms with E-state index in [2.05, 4.69) is 24.5 Å². The molecule has 0 saturated carbocycles. The lowest BCUT2D eigenvalue weighted by Gasteiger charge is -2.17. The fourth-order valence-electron chi connectivity index (χ4n) is 3.38. The Bertz CT molecular complexity index is 502. The van der Waals surface area contributed by atoms with E-state index in [4.69, 9.17) is 19.8 Å². The lowest BCUT2D eigenvalue weighted by atomic mass is 10.1. The Labute approximate surface area is 217 Å². The van der Waals surface area contributed by atoms with Crippen LogP contribution in [0.25, 0.3) is 0 Å². The summed E-state index contributed by atoms with van der Waals surface area (Å²) in [5.41, 5.74) is 0. The van der Waals surface area contributed by atoms with Crippen molar-refractivity contribution in [1.82, 2.24) is 10.6 Å². The summed E-state index contributed by atoms with van der Waals surface area (Å²) in [7, 11) is 0. The molecule has 0 spiro atoms. The molecular formula is C26H52N2O8. The number of rotatable bonds is 21. The van der Waals surface area contributed by atoms with E-state index in [1.807, 2.05) is 0 Å². The van der Waals surface area contributed by atoms with Crippen LogP contribution in [-0.2, 0) is 19.2 Å². The van der Waals surface area contributed by atoms with Crippen LogP contribution < -0.4 is 10.6 Å². The third-order valence-corrected chi connectivity index (χ3v) is 5.20. The molecule has 214 valence electrons. The standard InChI is InChI=1S/C22H44N2O4.2C2H4O2/c1-3-5-7-9-11-13-15-19(21(25)26)23-17-18-24-20(22(27)28)16-14-12-10-8-6-4-2;2*1-2(3)4/h19-20,23-24H,3-18H2,1-2H3,(H,25,26)(H,27,28);2*1H3,(H,3,4). The molecule has 10 nitrogen and oxygen atoms in total. The van der Waals surface area contributed by atoms with Gasteiger partial charge in [-0.25, -0.2) is 0 Å². The molecule has 2 atom stereocenters. The van der Waals surface area contributed by atoms with Gasteiger partial charge in [0.25, 0.3) is 11.9 Å². The average molecular weight is 521 g/mol. The molecule has 0 aromatic carbocycles. The van der Waals surface area contributed by atoms with Crippen LogP contribution in [-0.4, -0.2) is 69.5 Å². The largest absolute Gasteiger partial charge is 0.481 e. The minimum absolute atomic E-state index is 0.465. The molecule has 0 aliphatic carbocycles. The molecule has 0 aliphatic heterocycles. The predicted molar refractivity (Wildman–Crippen MR) is 141 cm³/mol. The van der Waals surface area contributed by atoms with E-state index in [1.54, 1.807) is 0 Å². The number of aliphatic carboxylic acids is 4. The Morgan fingerprint density at radius 1 is 0.528 bits per heavy atom. The molecule has 0 bridgehead atoms. The maximum Gasteiger partial charge on any atom is 0.320 e. The van der Waals surface area contributed by atoms with Crippen LogP contribution in [0.3, 0.4) is 0 Å². The molecular weight excluding hydrogens is 468 g/mol. The maximum absolute atomic E-state index is 11.4. The van der Waals surface area contributed by atoms with Crippen LogP contribution in [0.15, 0.2) is 0 Å². The topological polar surface area (TPSA) is 173 Å². The van der Waals surface area contributed by atoms with E-state index in [9.17, 15) is 19.8 Å². The van der Waals surface area contributed by atoms with E-state index >= 15 is 0 Å². The van der Waals surface area contributed by atoms with Gasteiger partial charge < -0.3 is 31.1 Å². The molecule has 0 amide bonds. The van der Waals surface area contributed by atoms with Crippen LogP contribution in [0.4, 0.5) is 0 Å². The first-order valence-corrected chi connectivity index (χ1v) is 13.3. The fourth-order valence-corrected chi connectivity index (χ4v) is 3.38. The first-order valence-electron chi connectivity index (χ1n) is 13.3. The van der Waals surface area contributed by atoms with Crippen molar-refractivity contribution in [1.29, 1.82) is 0 Å². The summed E-state index contributed by atoms with van der Waals surface area (Å²) in [4.78, 5) is 40.7. The molecule has 0 fully saturated rings. The smallest absolute Gasteiger partial charge is 0.320 e. The van der Waals surface area contributed by atoms with Crippen LogP contribution in [0.1, 0.15) is 118 Å². The summed E-state index contributed by atoms with van der Waals surface area (Å²) in [6, 6.07) is -1.09. The van der Waals surface area contributed by atoms with Gasteiger partial charge in [-0.2, -0.15) is 0 Å². The van der Waals surface area contributed by atoms with E-state index in [0.29, 0.717) is 25.9 Å². The van der Waals surface area contributed by atoms with Crippen molar-refractivity contribution in [3.05, 3.63) is 0 Å². The number of hydrogen-bond donors (Lipinski definition) is 6. The van der Waals surface area contributed by atoms with Crippen molar-refractivity contribution in [2.75, 3.05) is 13.1 Å². The minimum atomic E-state index is -0.833. The van der Waals surface area contributed by atoms with E-state index < -0.39 is 36.0 Å². The van der Waals surface area contributed by atoms with Crippen LogP contribution >= 0.6 is 0 Å². The molecule has 0 heterocycles. The van der Waals surface area contributed by atoms with Crippen LogP contribution in [0, 0.1) is 0 Å². The molecule has 0 aromatic heterocycles. The summed E-state index contributed by atoms with van der Waals surface area (Å²) in [6.07, 6.45) is 14.9. The Hall–Kier alpha value is -2.20. The monoisotopic (exact) mass is 520 g/mol. The second kappa shape index (κ2) is 29.0. The highest BCUT2D eigenvalue weighted by Gasteiger charge is 2.18. The number of carbonyl (C=O) groups is 4. The molecule has 36 heavy (non-hydrogen) atoms. The summed E-state index contributed by atoms with van der Waals surface area (Å²) in [6.45, 7) is 7.46. The van der Waals surface area contributed by atoms with Gasteiger partial charge in [0.15, 0.2) is 0 Å². The van der Waals surface area contributed by atoms with Gasteiger partial charge >= 0.3 is 11.9 Å². The molecule has 6 N–H and O–H groups in total. The zero-order valence-electron chi connectivity index (χ0n) is 22.9. The number of unbranched alkanes of at least 4 members (excludes halogenated alkanes) is 10. The quantitative estimate of drug-likeness (QED) is 0.116. The third-order valence-electron chi connectivity index (χ3n) is 5.20. The summed E-state index contributed by atoms with van der Waals surface area (Å²) >= 11 is 0. The Morgan fingerprint density at radius 2 is 0.778 bits per heavy atom. The lowest BCUT2D eigenvalue weighted by Crippen LogP contribution is -2.44. The Balaban J connectivity index is -0.00000118. The number of hydrogen-bond acceptors (Lipinski definition) is 6. The van der Waals surface area contributed by atoms with Gasteiger partial charge in [0.2, 0.25) is 0 Å². The molecule has 0 rings (SSSR count). The molecule has 0 radical (unpaired) electrons. The van der Waals surface area contributed by atoms with E-state index in [0.717, 1.165) is 39.5 Å². The Morgan fingerprint density at radius 3 is 1.03 bits per heavy atom. The minimum Gasteiger partial charge on any atom is -0.481 e. The van der Waals surface area contributed by atoms with Crippen molar-refractivity contribution >= 4 is 23.9 Å². The average Bonchev–Trinajstić information content (AvgIpc) is 2.77. The molecule has 0 aromatic rings. The third kappa shape index (κ3) is 36.4. The van der Waals surface area contributed by atoms with Gasteiger partial charge in [-0.05, 0) is 12.8 Å². The molecule has 2 unspecified atom stereocenters. The van der Waals surface area contributed by atoms with Crippen LogP contribution in [0.5, 0.6) is 0 Å². The van der Waals surface area contributed by atoms with Gasteiger partial charge in [-0.3, -0.25) is 19.2 Å². The summed E-state index contributed by atoms with van der Waals surface area (Å²) in [5.74, 6) is -3.31. The maximum atomic E-state index is 11.4. The predicted octanol–water partition coefficient (Wildman–Crippen LogP) is 4.76. The van der Waals surface area contributed by atoms with Crippen molar-refractivity contribution in [2.45, 2.75) is 130 Å². The van der Waals surface area contributed by atoms with Gasteiger partial charge in [-0.15, -0.1) is 0 Å². The zero-order chi connectivity index (χ0) is 28.2. The molecule has 0 aliphatic rings. The lowest BCUT2D eigenvalue weighted by molar-refractivity contribution is -0.141. The number of nitrogens with one attached hydrogen (secondary N) is 2. The van der Waals surface area contributed by atoms with Crippen molar-refractivity contribution in [2.24, 2.45) is 0 Å². The highest BCUT2D eigenvalue weighted by Crippen LogP contribution is 2.10. The first-order chi connectivity index (χ1) is 17.0. The Kier molecular flexibility index (Phi) is 30.9. The zero-order valence-corrected chi connectivity index (χ0v) is 22.9.